The van der Waals surface area contributed by atoms with Gasteiger partial charge in [0.05, 0.1) is 33.9 Å². The minimum atomic E-state index is -3.62. The van der Waals surface area contributed by atoms with Gasteiger partial charge in [-0.3, -0.25) is 9.59 Å². The zero-order chi connectivity index (χ0) is 27.3. The van der Waals surface area contributed by atoms with Gasteiger partial charge in [0, 0.05) is 18.7 Å². The highest BCUT2D eigenvalue weighted by atomic mass is 32.2. The Hall–Kier alpha value is -3.35. The molecule has 1 fully saturated rings. The topological polar surface area (TPSA) is 124 Å². The number of carbonyl (C=O) groups is 3. The number of amides is 1. The molecular formula is C26H29N3O7S2. The smallest absolute Gasteiger partial charge is 0.338 e. The molecule has 3 aromatic rings. The average Bonchev–Trinajstić information content (AvgIpc) is 3.25. The van der Waals surface area contributed by atoms with E-state index in [0.717, 1.165) is 30.6 Å². The quantitative estimate of drug-likeness (QED) is 0.388. The predicted octanol–water partition coefficient (Wildman–Crippen LogP) is 3.36. The van der Waals surface area contributed by atoms with E-state index in [2.05, 4.69) is 4.99 Å². The third-order valence-electron chi connectivity index (χ3n) is 6.04. The van der Waals surface area contributed by atoms with Crippen LogP contribution < -0.4 is 4.80 Å². The van der Waals surface area contributed by atoms with Crippen molar-refractivity contribution >= 4 is 49.4 Å². The fourth-order valence-electron chi connectivity index (χ4n) is 4.16. The van der Waals surface area contributed by atoms with Gasteiger partial charge in [-0.25, -0.2) is 13.2 Å². The Kier molecular flexibility index (Phi) is 8.75. The summed E-state index contributed by atoms with van der Waals surface area (Å²) < 4.78 is 39.6. The molecule has 10 nitrogen and oxygen atoms in total. The fraction of sp³-hybridized carbons (Fsp3) is 0.385. The summed E-state index contributed by atoms with van der Waals surface area (Å²) in [7, 11) is -3.62. The second kappa shape index (κ2) is 12.0. The van der Waals surface area contributed by atoms with Gasteiger partial charge in [0.25, 0.3) is 5.91 Å². The summed E-state index contributed by atoms with van der Waals surface area (Å²) in [5.41, 5.74) is 1.15. The molecule has 38 heavy (non-hydrogen) atoms. The van der Waals surface area contributed by atoms with Crippen LogP contribution in [0.15, 0.2) is 52.4 Å². The average molecular weight is 560 g/mol. The monoisotopic (exact) mass is 559 g/mol. The SMILES string of the molecule is CCOC(=O)Cn1c(=NC(=O)c2ccc(S(=O)(=O)N3CCCCC3)cc2)sc2cc(C(=O)OCC)ccc21. The summed E-state index contributed by atoms with van der Waals surface area (Å²) in [5, 5.41) is 0. The number of sulfonamides is 1. The molecule has 0 radical (unpaired) electrons. The van der Waals surface area contributed by atoms with Crippen molar-refractivity contribution in [3.8, 4) is 0 Å². The van der Waals surface area contributed by atoms with E-state index in [1.165, 1.54) is 28.6 Å². The first-order chi connectivity index (χ1) is 18.2. The summed E-state index contributed by atoms with van der Waals surface area (Å²) in [6.07, 6.45) is 2.67. The van der Waals surface area contributed by atoms with E-state index in [-0.39, 0.29) is 35.0 Å². The second-order valence-electron chi connectivity index (χ2n) is 8.58. The lowest BCUT2D eigenvalue weighted by Gasteiger charge is -2.25. The number of esters is 2. The van der Waals surface area contributed by atoms with Gasteiger partial charge in [0.15, 0.2) is 4.80 Å². The van der Waals surface area contributed by atoms with Gasteiger partial charge in [-0.15, -0.1) is 0 Å². The summed E-state index contributed by atoms with van der Waals surface area (Å²) in [5.74, 6) is -1.57. The zero-order valence-electron chi connectivity index (χ0n) is 21.2. The van der Waals surface area contributed by atoms with E-state index >= 15 is 0 Å². The molecule has 0 N–H and O–H groups in total. The first kappa shape index (κ1) is 27.7. The van der Waals surface area contributed by atoms with Gasteiger partial charge >= 0.3 is 11.9 Å². The summed E-state index contributed by atoms with van der Waals surface area (Å²) >= 11 is 1.14. The molecule has 202 valence electrons. The lowest BCUT2D eigenvalue weighted by Crippen LogP contribution is -2.35. The number of carbonyl (C=O) groups excluding carboxylic acids is 3. The normalized spacial score (nSPS) is 14.9. The Balaban J connectivity index is 1.68. The molecule has 1 aromatic heterocycles. The lowest BCUT2D eigenvalue weighted by molar-refractivity contribution is -0.143. The molecular weight excluding hydrogens is 530 g/mol. The van der Waals surface area contributed by atoms with Crippen LogP contribution >= 0.6 is 11.3 Å². The maximum absolute atomic E-state index is 13.1. The van der Waals surface area contributed by atoms with Crippen LogP contribution in [-0.2, 0) is 30.8 Å². The molecule has 2 aromatic carbocycles. The van der Waals surface area contributed by atoms with Crippen molar-refractivity contribution in [3.05, 3.63) is 58.4 Å². The number of hydrogen-bond donors (Lipinski definition) is 0. The highest BCUT2D eigenvalue weighted by molar-refractivity contribution is 7.89. The fourth-order valence-corrected chi connectivity index (χ4v) is 6.75. The van der Waals surface area contributed by atoms with Crippen LogP contribution in [0.3, 0.4) is 0 Å². The maximum atomic E-state index is 13.1. The molecule has 1 saturated heterocycles. The number of aromatic nitrogens is 1. The van der Waals surface area contributed by atoms with Crippen LogP contribution in [0.25, 0.3) is 10.2 Å². The van der Waals surface area contributed by atoms with E-state index in [4.69, 9.17) is 9.47 Å². The van der Waals surface area contributed by atoms with Crippen molar-refractivity contribution in [3.63, 3.8) is 0 Å². The molecule has 0 bridgehead atoms. The van der Waals surface area contributed by atoms with Crippen molar-refractivity contribution in [2.75, 3.05) is 26.3 Å². The van der Waals surface area contributed by atoms with Gasteiger partial charge in [-0.1, -0.05) is 17.8 Å². The summed E-state index contributed by atoms with van der Waals surface area (Å²) in [4.78, 5) is 42.1. The Morgan fingerprint density at radius 3 is 2.24 bits per heavy atom. The predicted molar refractivity (Wildman–Crippen MR) is 141 cm³/mol. The van der Waals surface area contributed by atoms with Crippen molar-refractivity contribution in [1.29, 1.82) is 0 Å². The molecule has 1 aliphatic rings. The maximum Gasteiger partial charge on any atom is 0.338 e. The standard InChI is InChI=1S/C26H29N3O7S2/c1-3-35-23(30)17-29-21-13-10-19(25(32)36-4-2)16-22(21)37-26(29)27-24(31)18-8-11-20(12-9-18)38(33,34)28-14-6-5-7-15-28/h8-13,16H,3-7,14-15,17H2,1-2H3. The molecule has 1 aliphatic heterocycles. The van der Waals surface area contributed by atoms with E-state index in [1.807, 2.05) is 0 Å². The number of rotatable bonds is 8. The van der Waals surface area contributed by atoms with Crippen molar-refractivity contribution in [1.82, 2.24) is 8.87 Å². The molecule has 0 aliphatic carbocycles. The van der Waals surface area contributed by atoms with Crippen LogP contribution in [0.4, 0.5) is 0 Å². The van der Waals surface area contributed by atoms with Gasteiger partial charge in [-0.2, -0.15) is 9.30 Å². The third kappa shape index (κ3) is 6.03. The molecule has 1 amide bonds. The minimum Gasteiger partial charge on any atom is -0.465 e. The number of benzene rings is 2. The number of fused-ring (bicyclic) bond motifs is 1. The molecule has 2 heterocycles. The summed E-state index contributed by atoms with van der Waals surface area (Å²) in [6.45, 7) is 4.65. The molecule has 4 rings (SSSR count). The number of piperidine rings is 1. The number of nitrogens with zero attached hydrogens (tertiary/aromatic N) is 3. The Bertz CT molecular complexity index is 1520. The Morgan fingerprint density at radius 1 is 0.921 bits per heavy atom. The number of hydrogen-bond acceptors (Lipinski definition) is 8. The second-order valence-corrected chi connectivity index (χ2v) is 11.5. The van der Waals surface area contributed by atoms with E-state index in [0.29, 0.717) is 28.9 Å². The van der Waals surface area contributed by atoms with Crippen LogP contribution in [0.2, 0.25) is 0 Å². The molecule has 0 saturated carbocycles. The van der Waals surface area contributed by atoms with Gasteiger partial charge in [0.1, 0.15) is 6.54 Å². The van der Waals surface area contributed by atoms with Crippen molar-refractivity contribution < 1.29 is 32.3 Å². The molecule has 0 atom stereocenters. The van der Waals surface area contributed by atoms with Crippen LogP contribution in [0, 0.1) is 0 Å². The van der Waals surface area contributed by atoms with Crippen LogP contribution in [0.5, 0.6) is 0 Å². The minimum absolute atomic E-state index is 0.127. The van der Waals surface area contributed by atoms with Gasteiger partial charge in [0.2, 0.25) is 10.0 Å². The molecule has 0 spiro atoms. The van der Waals surface area contributed by atoms with E-state index < -0.39 is 27.9 Å². The summed E-state index contributed by atoms with van der Waals surface area (Å²) in [6, 6.07) is 10.6. The van der Waals surface area contributed by atoms with E-state index in [9.17, 15) is 22.8 Å². The number of thiazole rings is 1. The Labute approximate surface area is 224 Å². The van der Waals surface area contributed by atoms with Crippen LogP contribution in [-0.4, -0.2) is 61.4 Å². The first-order valence-electron chi connectivity index (χ1n) is 12.4. The first-order valence-corrected chi connectivity index (χ1v) is 14.7. The zero-order valence-corrected chi connectivity index (χ0v) is 22.8. The van der Waals surface area contributed by atoms with Gasteiger partial charge in [-0.05, 0) is 69.2 Å². The van der Waals surface area contributed by atoms with E-state index in [1.54, 1.807) is 36.6 Å². The van der Waals surface area contributed by atoms with Crippen LogP contribution in [0.1, 0.15) is 53.8 Å². The Morgan fingerprint density at radius 2 is 1.58 bits per heavy atom. The van der Waals surface area contributed by atoms with Crippen molar-refractivity contribution in [2.24, 2.45) is 4.99 Å². The largest absolute Gasteiger partial charge is 0.465 e. The third-order valence-corrected chi connectivity index (χ3v) is 8.99. The number of ether oxygens (including phenoxy) is 2. The molecule has 0 unspecified atom stereocenters. The van der Waals surface area contributed by atoms with Crippen molar-refractivity contribution in [2.45, 2.75) is 44.6 Å². The highest BCUT2D eigenvalue weighted by Gasteiger charge is 2.26. The molecule has 12 heteroatoms. The van der Waals surface area contributed by atoms with Gasteiger partial charge < -0.3 is 14.0 Å². The highest BCUT2D eigenvalue weighted by Crippen LogP contribution is 2.22. The lowest BCUT2D eigenvalue weighted by atomic mass is 10.2.